The summed E-state index contributed by atoms with van der Waals surface area (Å²) >= 11 is 1.51. The van der Waals surface area contributed by atoms with Crippen molar-refractivity contribution in [1.82, 2.24) is 14.8 Å². The van der Waals surface area contributed by atoms with E-state index in [0.717, 1.165) is 12.2 Å². The summed E-state index contributed by atoms with van der Waals surface area (Å²) in [5, 5.41) is 11.4. The Labute approximate surface area is 173 Å². The Kier molecular flexibility index (Phi) is 6.96. The molecule has 1 aromatic heterocycles. The quantitative estimate of drug-likeness (QED) is 0.520. The number of hydrogen-bond donors (Lipinski definition) is 2. The second-order valence-electron chi connectivity index (χ2n) is 6.13. The third kappa shape index (κ3) is 5.41. The first kappa shape index (κ1) is 20.5. The number of rotatable bonds is 9. The number of ether oxygens (including phenoxy) is 2. The lowest BCUT2D eigenvalue weighted by Crippen LogP contribution is -2.20. The number of amides is 1. The van der Waals surface area contributed by atoms with Gasteiger partial charge in [-0.2, -0.15) is 0 Å². The number of benzene rings is 2. The molecule has 0 radical (unpaired) electrons. The molecule has 0 spiro atoms. The third-order valence-electron chi connectivity index (χ3n) is 4.18. The van der Waals surface area contributed by atoms with E-state index in [1.165, 1.54) is 17.3 Å². The zero-order valence-corrected chi connectivity index (χ0v) is 17.1. The lowest BCUT2D eigenvalue weighted by Gasteiger charge is -2.12. The van der Waals surface area contributed by atoms with Crippen LogP contribution in [0.5, 0.6) is 11.5 Å². The summed E-state index contributed by atoms with van der Waals surface area (Å²) in [6.07, 6.45) is 0.885. The van der Waals surface area contributed by atoms with Gasteiger partial charge in [0.25, 0.3) is 0 Å². The van der Waals surface area contributed by atoms with Gasteiger partial charge in [0, 0.05) is 17.5 Å². The van der Waals surface area contributed by atoms with E-state index in [-0.39, 0.29) is 18.4 Å². The molecule has 8 nitrogen and oxygen atoms in total. The van der Waals surface area contributed by atoms with Gasteiger partial charge in [-0.1, -0.05) is 42.1 Å². The van der Waals surface area contributed by atoms with Crippen molar-refractivity contribution in [3.63, 3.8) is 0 Å². The van der Waals surface area contributed by atoms with Crippen molar-refractivity contribution in [1.29, 1.82) is 0 Å². The number of carbonyl (C=O) groups is 1. The van der Waals surface area contributed by atoms with Crippen molar-refractivity contribution in [3.05, 3.63) is 54.1 Å². The number of hydrogen-bond acceptors (Lipinski definition) is 7. The standard InChI is InChI=1S/C20H23N5O3S/c1-27-16-9-8-15(12-17(16)28-2)22-18(26)13-25-19(21)23-24-20(25)29-11-10-14-6-4-3-5-7-14/h3-9,12H,10-11,13H2,1-2H3,(H2,21,23)(H,22,26). The van der Waals surface area contributed by atoms with E-state index in [1.54, 1.807) is 37.0 Å². The number of aryl methyl sites for hydroxylation is 1. The van der Waals surface area contributed by atoms with E-state index >= 15 is 0 Å². The molecule has 0 atom stereocenters. The molecule has 3 N–H and O–H groups in total. The van der Waals surface area contributed by atoms with Crippen LogP contribution in [0.4, 0.5) is 11.6 Å². The maximum atomic E-state index is 12.5. The minimum Gasteiger partial charge on any atom is -0.493 e. The predicted octanol–water partition coefficient (Wildman–Crippen LogP) is 2.85. The molecule has 0 fully saturated rings. The number of carbonyl (C=O) groups excluding carboxylic acids is 1. The maximum absolute atomic E-state index is 12.5. The summed E-state index contributed by atoms with van der Waals surface area (Å²) in [5.41, 5.74) is 7.74. The van der Waals surface area contributed by atoms with Gasteiger partial charge in [-0.15, -0.1) is 10.2 Å². The van der Waals surface area contributed by atoms with Gasteiger partial charge < -0.3 is 20.5 Å². The highest BCUT2D eigenvalue weighted by Crippen LogP contribution is 2.29. The molecule has 152 valence electrons. The molecule has 0 saturated heterocycles. The van der Waals surface area contributed by atoms with Crippen LogP contribution < -0.4 is 20.5 Å². The molecule has 0 unspecified atom stereocenters. The minimum atomic E-state index is -0.242. The number of thioether (sulfide) groups is 1. The molecule has 0 bridgehead atoms. The summed E-state index contributed by atoms with van der Waals surface area (Å²) in [7, 11) is 3.10. The summed E-state index contributed by atoms with van der Waals surface area (Å²) in [6.45, 7) is 0.0147. The zero-order valence-electron chi connectivity index (χ0n) is 16.3. The van der Waals surface area contributed by atoms with Gasteiger partial charge in [0.2, 0.25) is 11.9 Å². The Morgan fingerprint density at radius 2 is 1.86 bits per heavy atom. The van der Waals surface area contributed by atoms with Gasteiger partial charge in [0.1, 0.15) is 6.54 Å². The molecular weight excluding hydrogens is 390 g/mol. The fourth-order valence-corrected chi connectivity index (χ4v) is 3.65. The van der Waals surface area contributed by atoms with Crippen molar-refractivity contribution in [2.45, 2.75) is 18.1 Å². The first-order valence-electron chi connectivity index (χ1n) is 8.98. The van der Waals surface area contributed by atoms with Crippen LogP contribution in [0.25, 0.3) is 0 Å². The van der Waals surface area contributed by atoms with Gasteiger partial charge in [0.05, 0.1) is 14.2 Å². The minimum absolute atomic E-state index is 0.0147. The number of nitrogens with one attached hydrogen (secondary N) is 1. The Hall–Kier alpha value is -3.20. The van der Waals surface area contributed by atoms with Crippen LogP contribution in [0.3, 0.4) is 0 Å². The van der Waals surface area contributed by atoms with Gasteiger partial charge in [0.15, 0.2) is 16.7 Å². The Morgan fingerprint density at radius 3 is 2.59 bits per heavy atom. The van der Waals surface area contributed by atoms with Crippen LogP contribution in [0.15, 0.2) is 53.7 Å². The Morgan fingerprint density at radius 1 is 1.10 bits per heavy atom. The number of aromatic nitrogens is 3. The summed E-state index contributed by atoms with van der Waals surface area (Å²) in [4.78, 5) is 12.5. The van der Waals surface area contributed by atoms with Crippen LogP contribution in [-0.4, -0.2) is 40.6 Å². The molecule has 3 rings (SSSR count). The lowest BCUT2D eigenvalue weighted by molar-refractivity contribution is -0.116. The van der Waals surface area contributed by atoms with E-state index in [9.17, 15) is 4.79 Å². The van der Waals surface area contributed by atoms with Gasteiger partial charge in [-0.25, -0.2) is 0 Å². The van der Waals surface area contributed by atoms with Crippen LogP contribution in [-0.2, 0) is 17.8 Å². The number of nitrogens with zero attached hydrogens (tertiary/aromatic N) is 3. The van der Waals surface area contributed by atoms with Crippen molar-refractivity contribution < 1.29 is 14.3 Å². The highest BCUT2D eigenvalue weighted by molar-refractivity contribution is 7.99. The number of methoxy groups -OCH3 is 2. The van der Waals surface area contributed by atoms with E-state index < -0.39 is 0 Å². The van der Waals surface area contributed by atoms with Gasteiger partial charge >= 0.3 is 0 Å². The molecule has 1 amide bonds. The Bertz CT molecular complexity index is 962. The topological polar surface area (TPSA) is 104 Å². The van der Waals surface area contributed by atoms with Crippen molar-refractivity contribution in [3.8, 4) is 11.5 Å². The summed E-state index contributed by atoms with van der Waals surface area (Å²) < 4.78 is 12.1. The molecule has 0 aliphatic carbocycles. The van der Waals surface area contributed by atoms with E-state index in [4.69, 9.17) is 15.2 Å². The van der Waals surface area contributed by atoms with E-state index in [2.05, 4.69) is 27.6 Å². The van der Waals surface area contributed by atoms with Crippen LogP contribution in [0.2, 0.25) is 0 Å². The molecule has 0 aliphatic rings. The fraction of sp³-hybridized carbons (Fsp3) is 0.250. The highest BCUT2D eigenvalue weighted by atomic mass is 32.2. The smallest absolute Gasteiger partial charge is 0.244 e. The van der Waals surface area contributed by atoms with Crippen LogP contribution in [0, 0.1) is 0 Å². The fourth-order valence-electron chi connectivity index (χ4n) is 2.72. The lowest BCUT2D eigenvalue weighted by atomic mass is 10.2. The molecule has 0 saturated carbocycles. The monoisotopic (exact) mass is 413 g/mol. The van der Waals surface area contributed by atoms with E-state index in [1.807, 2.05) is 18.2 Å². The van der Waals surface area contributed by atoms with Crippen LogP contribution in [0.1, 0.15) is 5.56 Å². The number of anilines is 2. The van der Waals surface area contributed by atoms with Gasteiger partial charge in [-0.05, 0) is 24.1 Å². The SMILES string of the molecule is COc1ccc(NC(=O)Cn2c(N)nnc2SCCc2ccccc2)cc1OC. The predicted molar refractivity (Wildman–Crippen MR) is 113 cm³/mol. The van der Waals surface area contributed by atoms with Crippen LogP contribution >= 0.6 is 11.8 Å². The molecule has 2 aromatic carbocycles. The number of nitrogen functional groups attached to an aromatic ring is 1. The van der Waals surface area contributed by atoms with Crippen molar-refractivity contribution in [2.75, 3.05) is 31.0 Å². The average Bonchev–Trinajstić information content (AvgIpc) is 3.08. The average molecular weight is 414 g/mol. The maximum Gasteiger partial charge on any atom is 0.244 e. The first-order valence-corrected chi connectivity index (χ1v) is 9.96. The molecule has 3 aromatic rings. The molecular formula is C20H23N5O3S. The second kappa shape index (κ2) is 9.83. The summed E-state index contributed by atoms with van der Waals surface area (Å²) in [5.74, 6) is 1.89. The molecule has 1 heterocycles. The van der Waals surface area contributed by atoms with E-state index in [0.29, 0.717) is 22.3 Å². The van der Waals surface area contributed by atoms with Crippen molar-refractivity contribution in [2.24, 2.45) is 0 Å². The van der Waals surface area contributed by atoms with Crippen molar-refractivity contribution >= 4 is 29.3 Å². The summed E-state index contributed by atoms with van der Waals surface area (Å²) in [6, 6.07) is 15.3. The molecule has 9 heteroatoms. The number of nitrogens with two attached hydrogens (primary N) is 1. The first-order chi connectivity index (χ1) is 14.1. The second-order valence-corrected chi connectivity index (χ2v) is 7.19. The largest absolute Gasteiger partial charge is 0.493 e. The molecule has 0 aliphatic heterocycles. The Balaban J connectivity index is 1.61. The zero-order chi connectivity index (χ0) is 20.6. The third-order valence-corrected chi connectivity index (χ3v) is 5.15. The normalized spacial score (nSPS) is 10.6. The highest BCUT2D eigenvalue weighted by Gasteiger charge is 2.14. The molecule has 29 heavy (non-hydrogen) atoms. The van der Waals surface area contributed by atoms with Gasteiger partial charge in [-0.3, -0.25) is 9.36 Å².